The fourth-order valence-electron chi connectivity index (χ4n) is 3.46. The molecule has 0 saturated carbocycles. The Kier molecular flexibility index (Phi) is 6.79. The molecule has 11 heteroatoms. The number of nitrogens with zero attached hydrogens (tertiary/aromatic N) is 5. The Labute approximate surface area is 205 Å². The van der Waals surface area contributed by atoms with E-state index in [1.807, 2.05) is 26.2 Å². The minimum Gasteiger partial charge on any atom is -0.458 e. The van der Waals surface area contributed by atoms with E-state index in [2.05, 4.69) is 20.7 Å². The first kappa shape index (κ1) is 24.3. The summed E-state index contributed by atoms with van der Waals surface area (Å²) in [4.78, 5) is 30.2. The largest absolute Gasteiger partial charge is 0.458 e. The summed E-state index contributed by atoms with van der Waals surface area (Å²) in [7, 11) is 0. The summed E-state index contributed by atoms with van der Waals surface area (Å²) in [5.41, 5.74) is -0.172. The fraction of sp³-hybridized carbons (Fsp3) is 0.292. The minimum absolute atomic E-state index is 0.236. The van der Waals surface area contributed by atoms with E-state index in [1.54, 1.807) is 31.2 Å². The number of rotatable bonds is 7. The van der Waals surface area contributed by atoms with Gasteiger partial charge >= 0.3 is 0 Å². The zero-order valence-electron chi connectivity index (χ0n) is 19.7. The van der Waals surface area contributed by atoms with Gasteiger partial charge in [0.05, 0.1) is 0 Å². The summed E-state index contributed by atoms with van der Waals surface area (Å²) in [6, 6.07) is 11.5. The highest BCUT2D eigenvalue weighted by molar-refractivity contribution is 7.10. The SMILES string of the molecule is Cc1ccc(-c2nnn(CC(=O)N(c3ccc(F)cc3)[C@@H](C(=O)NC(C)(C)C)c3cccs3)n2)o1. The predicted octanol–water partition coefficient (Wildman–Crippen LogP) is 4.13. The number of amides is 2. The summed E-state index contributed by atoms with van der Waals surface area (Å²) in [6.07, 6.45) is 0. The van der Waals surface area contributed by atoms with Gasteiger partial charge in [0, 0.05) is 16.1 Å². The Balaban J connectivity index is 1.70. The molecule has 0 bridgehead atoms. The number of carbonyl (C=O) groups excluding carboxylic acids is 2. The molecule has 2 amide bonds. The average Bonchev–Trinajstić information content (AvgIpc) is 3.53. The van der Waals surface area contributed by atoms with Gasteiger partial charge in [-0.25, -0.2) is 4.39 Å². The number of carbonyl (C=O) groups is 2. The normalized spacial score (nSPS) is 12.4. The lowest BCUT2D eigenvalue weighted by molar-refractivity contribution is -0.128. The van der Waals surface area contributed by atoms with E-state index in [9.17, 15) is 14.0 Å². The quantitative estimate of drug-likeness (QED) is 0.412. The van der Waals surface area contributed by atoms with Crippen LogP contribution in [0.4, 0.5) is 10.1 Å². The maximum absolute atomic E-state index is 13.7. The number of aromatic nitrogens is 4. The first-order valence-corrected chi connectivity index (χ1v) is 11.8. The van der Waals surface area contributed by atoms with Gasteiger partial charge < -0.3 is 9.73 Å². The van der Waals surface area contributed by atoms with Crippen LogP contribution in [0.1, 0.15) is 37.5 Å². The van der Waals surface area contributed by atoms with Crippen LogP contribution in [-0.2, 0) is 16.1 Å². The molecule has 1 aromatic carbocycles. The molecule has 0 unspecified atom stereocenters. The van der Waals surface area contributed by atoms with Gasteiger partial charge in [0.15, 0.2) is 5.76 Å². The van der Waals surface area contributed by atoms with Gasteiger partial charge in [0.1, 0.15) is 24.2 Å². The van der Waals surface area contributed by atoms with Crippen molar-refractivity contribution in [3.8, 4) is 11.6 Å². The number of hydrogen-bond acceptors (Lipinski definition) is 7. The first-order valence-electron chi connectivity index (χ1n) is 10.9. The molecule has 4 aromatic rings. The van der Waals surface area contributed by atoms with E-state index in [1.165, 1.54) is 40.5 Å². The van der Waals surface area contributed by atoms with Gasteiger partial charge in [-0.3, -0.25) is 14.5 Å². The van der Waals surface area contributed by atoms with Gasteiger partial charge in [0.25, 0.3) is 5.91 Å². The van der Waals surface area contributed by atoms with Gasteiger partial charge in [-0.05, 0) is 80.8 Å². The molecule has 35 heavy (non-hydrogen) atoms. The van der Waals surface area contributed by atoms with E-state index in [-0.39, 0.29) is 18.3 Å². The minimum atomic E-state index is -0.983. The summed E-state index contributed by atoms with van der Waals surface area (Å²) < 4.78 is 19.2. The summed E-state index contributed by atoms with van der Waals surface area (Å²) in [6.45, 7) is 7.08. The number of nitrogens with one attached hydrogen (secondary N) is 1. The van der Waals surface area contributed by atoms with Crippen LogP contribution >= 0.6 is 11.3 Å². The second-order valence-electron chi connectivity index (χ2n) is 8.95. The van der Waals surface area contributed by atoms with Crippen LogP contribution in [0.2, 0.25) is 0 Å². The molecule has 1 N–H and O–H groups in total. The van der Waals surface area contributed by atoms with Crippen LogP contribution in [0.15, 0.2) is 58.3 Å². The standard InChI is InChI=1S/C24H25FN6O3S/c1-15-7-12-18(34-15)22-27-29-30(28-22)14-20(32)31(17-10-8-16(25)9-11-17)21(19-6-5-13-35-19)23(33)26-24(2,3)4/h5-13,21H,14H2,1-4H3,(H,26,33)/t21-/m1/s1. The molecule has 0 radical (unpaired) electrons. The number of hydrogen-bond donors (Lipinski definition) is 1. The van der Waals surface area contributed by atoms with Gasteiger partial charge in [-0.2, -0.15) is 4.80 Å². The second kappa shape index (κ2) is 9.79. The maximum atomic E-state index is 13.7. The fourth-order valence-corrected chi connectivity index (χ4v) is 4.27. The molecule has 182 valence electrons. The van der Waals surface area contributed by atoms with Crippen LogP contribution < -0.4 is 10.2 Å². The maximum Gasteiger partial charge on any atom is 0.251 e. The molecule has 0 aliphatic heterocycles. The molecule has 0 aliphatic rings. The molecule has 0 spiro atoms. The van der Waals surface area contributed by atoms with Crippen molar-refractivity contribution in [3.63, 3.8) is 0 Å². The smallest absolute Gasteiger partial charge is 0.251 e. The van der Waals surface area contributed by atoms with Gasteiger partial charge in [-0.1, -0.05) is 6.07 Å². The van der Waals surface area contributed by atoms with E-state index in [0.29, 0.717) is 22.1 Å². The van der Waals surface area contributed by atoms with Crippen molar-refractivity contribution >= 4 is 28.8 Å². The number of anilines is 1. The summed E-state index contributed by atoms with van der Waals surface area (Å²) in [5, 5.41) is 17.0. The lowest BCUT2D eigenvalue weighted by Gasteiger charge is -2.33. The Hall–Kier alpha value is -3.86. The zero-order chi connectivity index (χ0) is 25.2. The van der Waals surface area contributed by atoms with Crippen molar-refractivity contribution in [2.75, 3.05) is 4.90 Å². The van der Waals surface area contributed by atoms with E-state index in [0.717, 1.165) is 4.80 Å². The number of halogens is 1. The lowest BCUT2D eigenvalue weighted by Crippen LogP contribution is -2.50. The third-order valence-electron chi connectivity index (χ3n) is 4.88. The molecule has 0 fully saturated rings. The van der Waals surface area contributed by atoms with Crippen molar-refractivity contribution in [3.05, 3.63) is 70.4 Å². The van der Waals surface area contributed by atoms with Gasteiger partial charge in [-0.15, -0.1) is 21.5 Å². The van der Waals surface area contributed by atoms with Crippen molar-refractivity contribution in [1.29, 1.82) is 0 Å². The van der Waals surface area contributed by atoms with Crippen molar-refractivity contribution in [2.24, 2.45) is 0 Å². The third-order valence-corrected chi connectivity index (χ3v) is 5.81. The molecule has 3 heterocycles. The lowest BCUT2D eigenvalue weighted by atomic mass is 10.1. The molecule has 9 nitrogen and oxygen atoms in total. The number of tetrazole rings is 1. The van der Waals surface area contributed by atoms with Gasteiger partial charge in [0.2, 0.25) is 11.7 Å². The van der Waals surface area contributed by atoms with Crippen LogP contribution in [0.5, 0.6) is 0 Å². The number of furan rings is 1. The van der Waals surface area contributed by atoms with Crippen molar-refractivity contribution in [1.82, 2.24) is 25.5 Å². The van der Waals surface area contributed by atoms with E-state index >= 15 is 0 Å². The zero-order valence-corrected chi connectivity index (χ0v) is 20.5. The van der Waals surface area contributed by atoms with Crippen LogP contribution in [0, 0.1) is 12.7 Å². The molecular formula is C24H25FN6O3S. The van der Waals surface area contributed by atoms with Crippen LogP contribution in [0.3, 0.4) is 0 Å². The molecule has 4 rings (SSSR count). The molecule has 1 atom stereocenters. The topological polar surface area (TPSA) is 106 Å². The summed E-state index contributed by atoms with van der Waals surface area (Å²) >= 11 is 1.35. The Bertz CT molecular complexity index is 1310. The highest BCUT2D eigenvalue weighted by Crippen LogP contribution is 2.31. The van der Waals surface area contributed by atoms with Crippen molar-refractivity contribution < 1.29 is 18.4 Å². The Morgan fingerprint density at radius 2 is 1.91 bits per heavy atom. The number of benzene rings is 1. The molecule has 0 saturated heterocycles. The number of thiophene rings is 1. The first-order chi connectivity index (χ1) is 16.6. The Morgan fingerprint density at radius 1 is 1.17 bits per heavy atom. The molecule has 0 aliphatic carbocycles. The van der Waals surface area contributed by atoms with E-state index in [4.69, 9.17) is 4.42 Å². The average molecular weight is 497 g/mol. The highest BCUT2D eigenvalue weighted by atomic mass is 32.1. The molecule has 3 aromatic heterocycles. The van der Waals surface area contributed by atoms with Crippen molar-refractivity contribution in [2.45, 2.75) is 45.8 Å². The Morgan fingerprint density at radius 3 is 2.51 bits per heavy atom. The second-order valence-corrected chi connectivity index (χ2v) is 9.93. The summed E-state index contributed by atoms with van der Waals surface area (Å²) in [5.74, 6) is 0.0644. The van der Waals surface area contributed by atoms with Crippen LogP contribution in [-0.4, -0.2) is 37.6 Å². The highest BCUT2D eigenvalue weighted by Gasteiger charge is 2.35. The third kappa shape index (κ3) is 5.80. The number of aryl methyl sites for hydroxylation is 1. The predicted molar refractivity (Wildman–Crippen MR) is 129 cm³/mol. The van der Waals surface area contributed by atoms with E-state index < -0.39 is 23.3 Å². The molecular weight excluding hydrogens is 471 g/mol. The van der Waals surface area contributed by atoms with Crippen LogP contribution in [0.25, 0.3) is 11.6 Å². The monoisotopic (exact) mass is 496 g/mol.